The van der Waals surface area contributed by atoms with E-state index in [1.807, 2.05) is 12.5 Å². The molecular formula is C11H19N3OS. The number of hydrogen-bond acceptors (Lipinski definition) is 3. The molecule has 5 heteroatoms. The van der Waals surface area contributed by atoms with Crippen LogP contribution in [-0.4, -0.2) is 38.9 Å². The van der Waals surface area contributed by atoms with Crippen molar-refractivity contribution in [3.8, 4) is 0 Å². The standard InChI is InChI=1S/C11H19N3OS/c1-16(15)7-6-14-9-13-8-11(14)10-2-4-12-5-3-10/h8-10,12H,2-7H2,1H3. The monoisotopic (exact) mass is 241 g/mol. The summed E-state index contributed by atoms with van der Waals surface area (Å²) < 4.78 is 13.3. The fraction of sp³-hybridized carbons (Fsp3) is 0.727. The van der Waals surface area contributed by atoms with Gasteiger partial charge in [0.05, 0.1) is 6.33 Å². The van der Waals surface area contributed by atoms with Gasteiger partial charge in [-0.3, -0.25) is 4.21 Å². The first kappa shape index (κ1) is 11.8. The van der Waals surface area contributed by atoms with Crippen LogP contribution >= 0.6 is 0 Å². The Morgan fingerprint density at radius 2 is 2.31 bits per heavy atom. The maximum absolute atomic E-state index is 11.1. The van der Waals surface area contributed by atoms with Crippen molar-refractivity contribution in [3.63, 3.8) is 0 Å². The Morgan fingerprint density at radius 3 is 3.00 bits per heavy atom. The molecule has 1 aliphatic heterocycles. The van der Waals surface area contributed by atoms with Gasteiger partial charge < -0.3 is 9.88 Å². The minimum atomic E-state index is -0.724. The molecule has 1 aromatic rings. The largest absolute Gasteiger partial charge is 0.333 e. The van der Waals surface area contributed by atoms with Crippen LogP contribution in [0, 0.1) is 0 Å². The number of rotatable bonds is 4. The lowest BCUT2D eigenvalue weighted by Gasteiger charge is -2.23. The molecule has 0 bridgehead atoms. The Balaban J connectivity index is 2.02. The van der Waals surface area contributed by atoms with Crippen molar-refractivity contribution in [2.24, 2.45) is 0 Å². The highest BCUT2D eigenvalue weighted by Crippen LogP contribution is 2.24. The van der Waals surface area contributed by atoms with Gasteiger partial charge in [-0.25, -0.2) is 4.98 Å². The number of piperidine rings is 1. The maximum atomic E-state index is 11.1. The van der Waals surface area contributed by atoms with Crippen LogP contribution in [0.5, 0.6) is 0 Å². The predicted octanol–water partition coefficient (Wildman–Crippen LogP) is 0.729. The van der Waals surface area contributed by atoms with E-state index in [1.165, 1.54) is 18.5 Å². The molecule has 0 aliphatic carbocycles. The molecule has 90 valence electrons. The molecule has 1 aliphatic rings. The molecule has 1 unspecified atom stereocenters. The molecule has 1 aromatic heterocycles. The molecule has 16 heavy (non-hydrogen) atoms. The van der Waals surface area contributed by atoms with Crippen molar-refractivity contribution in [1.29, 1.82) is 0 Å². The summed E-state index contributed by atoms with van der Waals surface area (Å²) in [7, 11) is -0.724. The molecule has 0 aromatic carbocycles. The van der Waals surface area contributed by atoms with Gasteiger partial charge in [0.1, 0.15) is 0 Å². The Labute approximate surface area is 98.9 Å². The van der Waals surface area contributed by atoms with E-state index in [-0.39, 0.29) is 0 Å². The molecule has 1 N–H and O–H groups in total. The highest BCUT2D eigenvalue weighted by atomic mass is 32.2. The number of aromatic nitrogens is 2. The zero-order valence-electron chi connectivity index (χ0n) is 9.69. The van der Waals surface area contributed by atoms with E-state index in [2.05, 4.69) is 14.9 Å². The van der Waals surface area contributed by atoms with E-state index in [0.717, 1.165) is 19.6 Å². The highest BCUT2D eigenvalue weighted by molar-refractivity contribution is 7.84. The molecule has 0 saturated carbocycles. The fourth-order valence-corrected chi connectivity index (χ4v) is 2.66. The topological polar surface area (TPSA) is 46.9 Å². The summed E-state index contributed by atoms with van der Waals surface area (Å²) in [4.78, 5) is 4.22. The molecule has 0 amide bonds. The van der Waals surface area contributed by atoms with Gasteiger partial charge in [-0.2, -0.15) is 0 Å². The van der Waals surface area contributed by atoms with E-state index < -0.39 is 10.8 Å². The van der Waals surface area contributed by atoms with Crippen LogP contribution < -0.4 is 5.32 Å². The van der Waals surface area contributed by atoms with Crippen molar-refractivity contribution in [2.75, 3.05) is 25.1 Å². The molecule has 1 saturated heterocycles. The SMILES string of the molecule is CS(=O)CCn1cncc1C1CCNCC1. The molecule has 0 spiro atoms. The lowest BCUT2D eigenvalue weighted by Crippen LogP contribution is -2.27. The minimum absolute atomic E-state index is 0.619. The number of nitrogens with zero attached hydrogens (tertiary/aromatic N) is 2. The van der Waals surface area contributed by atoms with Crippen molar-refractivity contribution >= 4 is 10.8 Å². The Morgan fingerprint density at radius 1 is 1.56 bits per heavy atom. The summed E-state index contributed by atoms with van der Waals surface area (Å²) >= 11 is 0. The fourth-order valence-electron chi connectivity index (χ4n) is 2.20. The highest BCUT2D eigenvalue weighted by Gasteiger charge is 2.18. The predicted molar refractivity (Wildman–Crippen MR) is 66.0 cm³/mol. The number of aryl methyl sites for hydroxylation is 1. The van der Waals surface area contributed by atoms with Crippen LogP contribution in [0.2, 0.25) is 0 Å². The Kier molecular flexibility index (Phi) is 4.12. The summed E-state index contributed by atoms with van der Waals surface area (Å²) in [5, 5.41) is 3.37. The van der Waals surface area contributed by atoms with E-state index in [9.17, 15) is 4.21 Å². The first-order chi connectivity index (χ1) is 7.77. The lowest BCUT2D eigenvalue weighted by molar-refractivity contribution is 0.441. The molecule has 2 rings (SSSR count). The summed E-state index contributed by atoms with van der Waals surface area (Å²) in [5.41, 5.74) is 1.31. The van der Waals surface area contributed by atoms with E-state index in [0.29, 0.717) is 11.7 Å². The van der Waals surface area contributed by atoms with Crippen LogP contribution in [0.15, 0.2) is 12.5 Å². The average molecular weight is 241 g/mol. The van der Waals surface area contributed by atoms with Crippen LogP contribution in [0.1, 0.15) is 24.5 Å². The summed E-state index contributed by atoms with van der Waals surface area (Å²) in [6.07, 6.45) is 7.95. The van der Waals surface area contributed by atoms with Gasteiger partial charge in [0, 0.05) is 47.2 Å². The zero-order valence-corrected chi connectivity index (χ0v) is 10.5. The van der Waals surface area contributed by atoms with Gasteiger partial charge in [-0.15, -0.1) is 0 Å². The summed E-state index contributed by atoms with van der Waals surface area (Å²) in [6.45, 7) is 3.01. The van der Waals surface area contributed by atoms with Gasteiger partial charge in [0.25, 0.3) is 0 Å². The van der Waals surface area contributed by atoms with E-state index in [4.69, 9.17) is 0 Å². The van der Waals surface area contributed by atoms with Crippen molar-refractivity contribution in [3.05, 3.63) is 18.2 Å². The molecule has 0 radical (unpaired) electrons. The molecule has 4 nitrogen and oxygen atoms in total. The Bertz CT molecular complexity index is 358. The number of imidazole rings is 1. The zero-order chi connectivity index (χ0) is 11.4. The molecule has 2 heterocycles. The second-order valence-corrected chi connectivity index (χ2v) is 5.87. The van der Waals surface area contributed by atoms with Gasteiger partial charge in [-0.1, -0.05) is 0 Å². The first-order valence-electron chi connectivity index (χ1n) is 5.78. The number of hydrogen-bond donors (Lipinski definition) is 1. The van der Waals surface area contributed by atoms with Gasteiger partial charge in [-0.05, 0) is 25.9 Å². The quantitative estimate of drug-likeness (QED) is 0.845. The maximum Gasteiger partial charge on any atom is 0.0948 e. The Hall–Kier alpha value is -0.680. The number of nitrogens with one attached hydrogen (secondary N) is 1. The van der Waals surface area contributed by atoms with Gasteiger partial charge in [0.15, 0.2) is 0 Å². The second-order valence-electron chi connectivity index (χ2n) is 4.31. The first-order valence-corrected chi connectivity index (χ1v) is 7.51. The lowest BCUT2D eigenvalue weighted by atomic mass is 9.95. The smallest absolute Gasteiger partial charge is 0.0948 e. The average Bonchev–Trinajstić information content (AvgIpc) is 2.75. The van der Waals surface area contributed by atoms with E-state index in [1.54, 1.807) is 6.26 Å². The van der Waals surface area contributed by atoms with Crippen molar-refractivity contribution in [2.45, 2.75) is 25.3 Å². The third-order valence-electron chi connectivity index (χ3n) is 3.12. The van der Waals surface area contributed by atoms with Crippen LogP contribution in [0.25, 0.3) is 0 Å². The summed E-state index contributed by atoms with van der Waals surface area (Å²) in [6, 6.07) is 0. The van der Waals surface area contributed by atoms with Crippen LogP contribution in [-0.2, 0) is 17.3 Å². The van der Waals surface area contributed by atoms with Crippen LogP contribution in [0.3, 0.4) is 0 Å². The molecule has 1 atom stereocenters. The summed E-state index contributed by atoms with van der Waals surface area (Å²) in [5.74, 6) is 1.34. The second kappa shape index (κ2) is 5.59. The van der Waals surface area contributed by atoms with Crippen LogP contribution in [0.4, 0.5) is 0 Å². The third-order valence-corrected chi connectivity index (χ3v) is 3.88. The normalized spacial score (nSPS) is 19.8. The molecular weight excluding hydrogens is 222 g/mol. The van der Waals surface area contributed by atoms with E-state index >= 15 is 0 Å². The van der Waals surface area contributed by atoms with Gasteiger partial charge >= 0.3 is 0 Å². The third kappa shape index (κ3) is 2.92. The van der Waals surface area contributed by atoms with Gasteiger partial charge in [0.2, 0.25) is 0 Å². The van der Waals surface area contributed by atoms with Crippen molar-refractivity contribution in [1.82, 2.24) is 14.9 Å². The van der Waals surface area contributed by atoms with Crippen molar-refractivity contribution < 1.29 is 4.21 Å². The minimum Gasteiger partial charge on any atom is -0.333 e. The molecule has 1 fully saturated rings.